The quantitative estimate of drug-likeness (QED) is 0.721. The summed E-state index contributed by atoms with van der Waals surface area (Å²) in [5, 5.41) is 3.01. The second kappa shape index (κ2) is 8.92. The summed E-state index contributed by atoms with van der Waals surface area (Å²) in [5.41, 5.74) is 2.02. The van der Waals surface area contributed by atoms with Crippen molar-refractivity contribution in [3.63, 3.8) is 0 Å². The van der Waals surface area contributed by atoms with Gasteiger partial charge in [0.15, 0.2) is 0 Å². The topological polar surface area (TPSA) is 47.6 Å². The van der Waals surface area contributed by atoms with Crippen LogP contribution in [-0.2, 0) is 9.53 Å². The molecule has 130 valence electrons. The van der Waals surface area contributed by atoms with E-state index in [1.54, 1.807) is 7.11 Å². The summed E-state index contributed by atoms with van der Waals surface area (Å²) < 4.78 is 11.3. The maximum Gasteiger partial charge on any atom is 0.256 e. The number of benzene rings is 1. The number of carbonyl (C=O) groups is 1. The van der Waals surface area contributed by atoms with E-state index in [2.05, 4.69) is 12.2 Å². The summed E-state index contributed by atoms with van der Waals surface area (Å²) >= 11 is 0. The molecule has 0 spiro atoms. The molecule has 1 N–H and O–H groups in total. The first-order chi connectivity index (χ1) is 10.9. The molecule has 1 aromatic rings. The normalized spacial score (nSPS) is 13.5. The second-order valence-electron chi connectivity index (χ2n) is 6.28. The van der Waals surface area contributed by atoms with Crippen molar-refractivity contribution < 1.29 is 14.3 Å². The second-order valence-corrected chi connectivity index (χ2v) is 6.28. The Bertz CT molecular complexity index is 494. The molecule has 0 aliphatic rings. The van der Waals surface area contributed by atoms with E-state index in [9.17, 15) is 4.79 Å². The number of amides is 1. The van der Waals surface area contributed by atoms with Gasteiger partial charge in [0, 0.05) is 12.3 Å². The molecule has 0 saturated carbocycles. The van der Waals surface area contributed by atoms with Crippen molar-refractivity contribution in [3.05, 3.63) is 23.3 Å². The molecule has 4 nitrogen and oxygen atoms in total. The van der Waals surface area contributed by atoms with E-state index in [0.717, 1.165) is 48.2 Å². The number of hydrogen-bond acceptors (Lipinski definition) is 3. The van der Waals surface area contributed by atoms with Crippen LogP contribution < -0.4 is 10.1 Å². The van der Waals surface area contributed by atoms with Crippen molar-refractivity contribution >= 4 is 11.6 Å². The first-order valence-corrected chi connectivity index (χ1v) is 8.48. The van der Waals surface area contributed by atoms with Gasteiger partial charge in [-0.3, -0.25) is 4.79 Å². The minimum Gasteiger partial charge on any atom is -0.496 e. The molecule has 0 saturated heterocycles. The molecule has 1 amide bonds. The van der Waals surface area contributed by atoms with Gasteiger partial charge in [-0.15, -0.1) is 0 Å². The summed E-state index contributed by atoms with van der Waals surface area (Å²) in [7, 11) is 1.66. The predicted octanol–water partition coefficient (Wildman–Crippen LogP) is 4.63. The number of aryl methyl sites for hydroxylation is 2. The van der Waals surface area contributed by atoms with Crippen LogP contribution in [0.25, 0.3) is 0 Å². The SMILES string of the molecule is CCCCC(C)(OCCC)C(=O)Nc1cc(C)c(OC)c(C)c1. The van der Waals surface area contributed by atoms with Crippen LogP contribution >= 0.6 is 0 Å². The van der Waals surface area contributed by atoms with Crippen LogP contribution in [-0.4, -0.2) is 25.2 Å². The van der Waals surface area contributed by atoms with E-state index in [1.165, 1.54) is 0 Å². The number of methoxy groups -OCH3 is 1. The van der Waals surface area contributed by atoms with Gasteiger partial charge in [0.05, 0.1) is 7.11 Å². The number of nitrogens with one attached hydrogen (secondary N) is 1. The molecule has 0 fully saturated rings. The van der Waals surface area contributed by atoms with E-state index in [1.807, 2.05) is 39.8 Å². The molecule has 1 aromatic carbocycles. The Balaban J connectivity index is 2.93. The average Bonchev–Trinajstić information content (AvgIpc) is 2.50. The molecule has 0 bridgehead atoms. The van der Waals surface area contributed by atoms with E-state index in [4.69, 9.17) is 9.47 Å². The van der Waals surface area contributed by atoms with Gasteiger partial charge in [0.2, 0.25) is 0 Å². The fourth-order valence-electron chi connectivity index (χ4n) is 2.70. The third-order valence-corrected chi connectivity index (χ3v) is 4.03. The summed E-state index contributed by atoms with van der Waals surface area (Å²) in [4.78, 5) is 12.8. The Labute approximate surface area is 140 Å². The van der Waals surface area contributed by atoms with Gasteiger partial charge in [0.25, 0.3) is 5.91 Å². The lowest BCUT2D eigenvalue weighted by Gasteiger charge is -2.29. The van der Waals surface area contributed by atoms with E-state index < -0.39 is 5.60 Å². The Morgan fingerprint density at radius 2 is 1.78 bits per heavy atom. The highest BCUT2D eigenvalue weighted by Gasteiger charge is 2.33. The van der Waals surface area contributed by atoms with Gasteiger partial charge in [-0.2, -0.15) is 0 Å². The molecule has 0 heterocycles. The molecule has 4 heteroatoms. The van der Waals surface area contributed by atoms with Gasteiger partial charge in [-0.05, 0) is 56.9 Å². The molecule has 1 atom stereocenters. The number of carbonyl (C=O) groups excluding carboxylic acids is 1. The molecule has 1 unspecified atom stereocenters. The lowest BCUT2D eigenvalue weighted by atomic mass is 9.97. The van der Waals surface area contributed by atoms with Crippen LogP contribution in [0.15, 0.2) is 12.1 Å². The summed E-state index contributed by atoms with van der Waals surface area (Å²) in [6.07, 6.45) is 3.63. The average molecular weight is 321 g/mol. The van der Waals surface area contributed by atoms with Crippen LogP contribution in [0.2, 0.25) is 0 Å². The van der Waals surface area contributed by atoms with Crippen molar-refractivity contribution in [2.45, 2.75) is 65.9 Å². The fourth-order valence-corrected chi connectivity index (χ4v) is 2.70. The standard InChI is InChI=1S/C19H31NO3/c1-7-9-10-19(5,23-11-8-2)18(21)20-16-12-14(3)17(22-6)15(4)13-16/h12-13H,7-11H2,1-6H3,(H,20,21). The Morgan fingerprint density at radius 1 is 1.17 bits per heavy atom. The number of rotatable bonds is 9. The molecule has 0 radical (unpaired) electrons. The zero-order chi connectivity index (χ0) is 17.5. The zero-order valence-electron chi connectivity index (χ0n) is 15.4. The third kappa shape index (κ3) is 5.24. The summed E-state index contributed by atoms with van der Waals surface area (Å²) in [5.74, 6) is 0.780. The van der Waals surface area contributed by atoms with Crippen molar-refractivity contribution in [1.82, 2.24) is 0 Å². The molecule has 0 aromatic heterocycles. The summed E-state index contributed by atoms with van der Waals surface area (Å²) in [6, 6.07) is 3.87. The zero-order valence-corrected chi connectivity index (χ0v) is 15.4. The fraction of sp³-hybridized carbons (Fsp3) is 0.632. The Kier molecular flexibility index (Phi) is 7.56. The molecular weight excluding hydrogens is 290 g/mol. The van der Waals surface area contributed by atoms with Gasteiger partial charge in [-0.25, -0.2) is 0 Å². The van der Waals surface area contributed by atoms with Crippen LogP contribution in [0.4, 0.5) is 5.69 Å². The smallest absolute Gasteiger partial charge is 0.256 e. The number of ether oxygens (including phenoxy) is 2. The number of unbranched alkanes of at least 4 members (excludes halogenated alkanes) is 1. The predicted molar refractivity (Wildman–Crippen MR) is 95.3 cm³/mol. The van der Waals surface area contributed by atoms with Crippen LogP contribution in [0.3, 0.4) is 0 Å². The largest absolute Gasteiger partial charge is 0.496 e. The van der Waals surface area contributed by atoms with E-state index >= 15 is 0 Å². The number of anilines is 1. The molecule has 23 heavy (non-hydrogen) atoms. The highest BCUT2D eigenvalue weighted by atomic mass is 16.5. The Hall–Kier alpha value is -1.55. The van der Waals surface area contributed by atoms with E-state index in [0.29, 0.717) is 6.61 Å². The molecular formula is C19H31NO3. The van der Waals surface area contributed by atoms with Gasteiger partial charge >= 0.3 is 0 Å². The minimum atomic E-state index is -0.784. The number of hydrogen-bond donors (Lipinski definition) is 1. The van der Waals surface area contributed by atoms with Gasteiger partial charge in [0.1, 0.15) is 11.4 Å². The Morgan fingerprint density at radius 3 is 2.26 bits per heavy atom. The monoisotopic (exact) mass is 321 g/mol. The maximum absolute atomic E-state index is 12.8. The van der Waals surface area contributed by atoms with Crippen LogP contribution in [0.1, 0.15) is 57.6 Å². The van der Waals surface area contributed by atoms with Crippen molar-refractivity contribution in [2.24, 2.45) is 0 Å². The molecule has 0 aliphatic heterocycles. The van der Waals surface area contributed by atoms with Gasteiger partial charge < -0.3 is 14.8 Å². The molecule has 0 aliphatic carbocycles. The van der Waals surface area contributed by atoms with E-state index in [-0.39, 0.29) is 5.91 Å². The highest BCUT2D eigenvalue weighted by Crippen LogP contribution is 2.28. The first-order valence-electron chi connectivity index (χ1n) is 8.48. The lowest BCUT2D eigenvalue weighted by Crippen LogP contribution is -2.43. The van der Waals surface area contributed by atoms with Crippen LogP contribution in [0, 0.1) is 13.8 Å². The first kappa shape index (κ1) is 19.5. The van der Waals surface area contributed by atoms with Crippen LogP contribution in [0.5, 0.6) is 5.75 Å². The van der Waals surface area contributed by atoms with Crippen molar-refractivity contribution in [1.29, 1.82) is 0 Å². The van der Waals surface area contributed by atoms with Gasteiger partial charge in [-0.1, -0.05) is 26.7 Å². The molecule has 1 rings (SSSR count). The third-order valence-electron chi connectivity index (χ3n) is 4.03. The maximum atomic E-state index is 12.8. The lowest BCUT2D eigenvalue weighted by molar-refractivity contribution is -0.140. The highest BCUT2D eigenvalue weighted by molar-refractivity contribution is 5.97. The summed E-state index contributed by atoms with van der Waals surface area (Å²) in [6.45, 7) is 10.6. The van der Waals surface area contributed by atoms with Crippen molar-refractivity contribution in [3.8, 4) is 5.75 Å². The van der Waals surface area contributed by atoms with Crippen molar-refractivity contribution in [2.75, 3.05) is 19.0 Å². The minimum absolute atomic E-state index is 0.0802.